The number of carbonyl (C=O) groups excluding carboxylic acids is 2. The van der Waals surface area contributed by atoms with E-state index < -0.39 is 28.5 Å². The van der Waals surface area contributed by atoms with Crippen molar-refractivity contribution in [1.82, 2.24) is 10.2 Å². The third-order valence-corrected chi connectivity index (χ3v) is 8.70. The van der Waals surface area contributed by atoms with Gasteiger partial charge in [0.15, 0.2) is 0 Å². The van der Waals surface area contributed by atoms with Gasteiger partial charge in [0.1, 0.15) is 12.6 Å². The number of aryl methyl sites for hydroxylation is 2. The van der Waals surface area contributed by atoms with Crippen molar-refractivity contribution in [3.05, 3.63) is 95.6 Å². The molecule has 0 aliphatic heterocycles. The highest BCUT2D eigenvalue weighted by molar-refractivity contribution is 7.92. The van der Waals surface area contributed by atoms with Crippen molar-refractivity contribution in [2.45, 2.75) is 64.3 Å². The second-order valence-electron chi connectivity index (χ2n) is 10.0. The maximum Gasteiger partial charge on any atom is 0.264 e. The molecule has 3 aromatic carbocycles. The average molecular weight is 564 g/mol. The van der Waals surface area contributed by atoms with E-state index in [4.69, 9.17) is 0 Å². The van der Waals surface area contributed by atoms with Crippen LogP contribution in [0.5, 0.6) is 0 Å². The Labute approximate surface area is 239 Å². The lowest BCUT2D eigenvalue weighted by molar-refractivity contribution is -0.139. The summed E-state index contributed by atoms with van der Waals surface area (Å²) in [6.07, 6.45) is 2.74. The third kappa shape index (κ3) is 7.94. The van der Waals surface area contributed by atoms with Crippen molar-refractivity contribution in [3.8, 4) is 0 Å². The summed E-state index contributed by atoms with van der Waals surface area (Å²) in [4.78, 5) is 29.0. The average Bonchev–Trinajstić information content (AvgIpc) is 2.95. The molecular formula is C32H41N3O4S. The fraction of sp³-hybridized carbons (Fsp3) is 0.375. The minimum Gasteiger partial charge on any atom is -0.354 e. The van der Waals surface area contributed by atoms with Crippen LogP contribution < -0.4 is 9.62 Å². The van der Waals surface area contributed by atoms with E-state index in [9.17, 15) is 18.0 Å². The third-order valence-electron chi connectivity index (χ3n) is 6.93. The van der Waals surface area contributed by atoms with Crippen molar-refractivity contribution in [3.63, 3.8) is 0 Å². The molecule has 0 radical (unpaired) electrons. The standard InChI is InChI=1S/C32H41N3O4S/c1-5-7-21-33-32(37)29(6-2)34(22-20-27-14-10-8-11-15-27)31(36)24-35(30-19-18-25(3)23-26(30)4)40(38,39)28-16-12-9-13-17-28/h8-19,23,29H,5-7,20-22,24H2,1-4H3,(H,33,37). The fourth-order valence-corrected chi connectivity index (χ4v) is 6.22. The monoisotopic (exact) mass is 563 g/mol. The number of sulfonamides is 1. The SMILES string of the molecule is CCCCNC(=O)C(CC)N(CCc1ccccc1)C(=O)CN(c1ccc(C)cc1C)S(=O)(=O)c1ccccc1. The van der Waals surface area contributed by atoms with Crippen LogP contribution in [0.4, 0.5) is 5.69 Å². The van der Waals surface area contributed by atoms with Crippen molar-refractivity contribution in [2.75, 3.05) is 23.9 Å². The van der Waals surface area contributed by atoms with Crippen LogP contribution in [0.2, 0.25) is 0 Å². The summed E-state index contributed by atoms with van der Waals surface area (Å²) in [5.41, 5.74) is 3.20. The molecule has 0 aliphatic carbocycles. The van der Waals surface area contributed by atoms with Gasteiger partial charge in [0.25, 0.3) is 10.0 Å². The molecule has 2 amide bonds. The number of benzene rings is 3. The van der Waals surface area contributed by atoms with Crippen molar-refractivity contribution in [2.24, 2.45) is 0 Å². The van der Waals surface area contributed by atoms with Gasteiger partial charge in [-0.2, -0.15) is 0 Å². The molecule has 0 fully saturated rings. The predicted molar refractivity (Wildman–Crippen MR) is 161 cm³/mol. The summed E-state index contributed by atoms with van der Waals surface area (Å²) in [6.45, 7) is 8.09. The Balaban J connectivity index is 2.00. The fourth-order valence-electron chi connectivity index (χ4n) is 4.72. The molecule has 3 aromatic rings. The number of carbonyl (C=O) groups is 2. The lowest BCUT2D eigenvalue weighted by atomic mass is 10.1. The first-order valence-corrected chi connectivity index (χ1v) is 15.4. The van der Waals surface area contributed by atoms with Crippen LogP contribution in [0, 0.1) is 13.8 Å². The molecule has 0 saturated carbocycles. The van der Waals surface area contributed by atoms with Crippen LogP contribution in [0.25, 0.3) is 0 Å². The Morgan fingerprint density at radius 3 is 2.15 bits per heavy atom. The number of nitrogens with zero attached hydrogens (tertiary/aromatic N) is 2. The second kappa shape index (κ2) is 14.7. The summed E-state index contributed by atoms with van der Waals surface area (Å²) >= 11 is 0. The minimum absolute atomic E-state index is 0.1000. The largest absolute Gasteiger partial charge is 0.354 e. The van der Waals surface area contributed by atoms with Crippen LogP contribution in [0.3, 0.4) is 0 Å². The molecule has 8 heteroatoms. The molecule has 0 heterocycles. The first-order chi connectivity index (χ1) is 19.2. The maximum atomic E-state index is 14.1. The molecule has 0 aliphatic rings. The molecule has 1 atom stereocenters. The molecule has 3 rings (SSSR count). The highest BCUT2D eigenvalue weighted by atomic mass is 32.2. The molecule has 0 aromatic heterocycles. The van der Waals surface area contributed by atoms with Crippen molar-refractivity contribution in [1.29, 1.82) is 0 Å². The van der Waals surface area contributed by atoms with Crippen LogP contribution in [0.1, 0.15) is 49.8 Å². The molecule has 0 spiro atoms. The van der Waals surface area contributed by atoms with E-state index in [0.717, 1.165) is 29.5 Å². The van der Waals surface area contributed by atoms with Gasteiger partial charge in [-0.05, 0) is 62.4 Å². The van der Waals surface area contributed by atoms with E-state index in [2.05, 4.69) is 5.32 Å². The van der Waals surface area contributed by atoms with Crippen LogP contribution in [0.15, 0.2) is 83.8 Å². The summed E-state index contributed by atoms with van der Waals surface area (Å²) in [7, 11) is -4.07. The lowest BCUT2D eigenvalue weighted by Gasteiger charge is -2.33. The van der Waals surface area contributed by atoms with E-state index >= 15 is 0 Å². The normalized spacial score (nSPS) is 12.0. The second-order valence-corrected chi connectivity index (χ2v) is 11.9. The van der Waals surface area contributed by atoms with Crippen LogP contribution in [-0.2, 0) is 26.0 Å². The zero-order valence-corrected chi connectivity index (χ0v) is 24.8. The van der Waals surface area contributed by atoms with Gasteiger partial charge < -0.3 is 10.2 Å². The van der Waals surface area contributed by atoms with E-state index in [0.29, 0.717) is 25.1 Å². The van der Waals surface area contributed by atoms with Crippen molar-refractivity contribution < 1.29 is 18.0 Å². The van der Waals surface area contributed by atoms with Gasteiger partial charge in [0, 0.05) is 13.1 Å². The summed E-state index contributed by atoms with van der Waals surface area (Å²) in [6, 6.07) is 22.6. The lowest BCUT2D eigenvalue weighted by Crippen LogP contribution is -2.53. The number of anilines is 1. The van der Waals surface area contributed by atoms with E-state index in [1.807, 2.05) is 70.2 Å². The first-order valence-electron chi connectivity index (χ1n) is 13.9. The van der Waals surface area contributed by atoms with Gasteiger partial charge in [-0.3, -0.25) is 13.9 Å². The van der Waals surface area contributed by atoms with Gasteiger partial charge in [-0.15, -0.1) is 0 Å². The maximum absolute atomic E-state index is 14.1. The van der Waals surface area contributed by atoms with Gasteiger partial charge in [-0.1, -0.05) is 86.5 Å². The van der Waals surface area contributed by atoms with Gasteiger partial charge in [0.2, 0.25) is 11.8 Å². The highest BCUT2D eigenvalue weighted by Crippen LogP contribution is 2.28. The summed E-state index contributed by atoms with van der Waals surface area (Å²) < 4.78 is 29.0. The number of unbranched alkanes of at least 4 members (excludes halogenated alkanes) is 1. The number of amides is 2. The number of rotatable bonds is 14. The Morgan fingerprint density at radius 2 is 1.55 bits per heavy atom. The number of hydrogen-bond donors (Lipinski definition) is 1. The predicted octanol–water partition coefficient (Wildman–Crippen LogP) is 5.26. The highest BCUT2D eigenvalue weighted by Gasteiger charge is 2.33. The van der Waals surface area contributed by atoms with Gasteiger partial charge >= 0.3 is 0 Å². The number of nitrogens with one attached hydrogen (secondary N) is 1. The molecule has 214 valence electrons. The van der Waals surface area contributed by atoms with E-state index in [-0.39, 0.29) is 17.3 Å². The molecule has 1 N–H and O–H groups in total. The zero-order chi connectivity index (χ0) is 29.1. The molecule has 0 saturated heterocycles. The van der Waals surface area contributed by atoms with Gasteiger partial charge in [-0.25, -0.2) is 8.42 Å². The summed E-state index contributed by atoms with van der Waals surface area (Å²) in [5, 5.41) is 2.96. The molecular weight excluding hydrogens is 522 g/mol. The van der Waals surface area contributed by atoms with Crippen LogP contribution >= 0.6 is 0 Å². The van der Waals surface area contributed by atoms with E-state index in [1.165, 1.54) is 16.4 Å². The Hall–Kier alpha value is -3.65. The Morgan fingerprint density at radius 1 is 0.900 bits per heavy atom. The molecule has 40 heavy (non-hydrogen) atoms. The van der Waals surface area contributed by atoms with Gasteiger partial charge in [0.05, 0.1) is 10.6 Å². The minimum atomic E-state index is -4.07. The molecule has 1 unspecified atom stereocenters. The Bertz CT molecular complexity index is 1360. The Kier molecular flexibility index (Phi) is 11.3. The number of hydrogen-bond acceptors (Lipinski definition) is 4. The first kappa shape index (κ1) is 30.9. The van der Waals surface area contributed by atoms with Crippen LogP contribution in [-0.4, -0.2) is 50.8 Å². The summed E-state index contributed by atoms with van der Waals surface area (Å²) in [5.74, 6) is -0.644. The smallest absolute Gasteiger partial charge is 0.264 e. The topological polar surface area (TPSA) is 86.8 Å². The quantitative estimate of drug-likeness (QED) is 0.271. The van der Waals surface area contributed by atoms with E-state index in [1.54, 1.807) is 29.2 Å². The molecule has 0 bridgehead atoms. The zero-order valence-electron chi connectivity index (χ0n) is 24.0. The van der Waals surface area contributed by atoms with Crippen molar-refractivity contribution >= 4 is 27.5 Å². The molecule has 7 nitrogen and oxygen atoms in total.